The number of rotatable bonds is 16. The van der Waals surface area contributed by atoms with Crippen LogP contribution in [0.5, 0.6) is 0 Å². The molecule has 39 heavy (non-hydrogen) atoms. The van der Waals surface area contributed by atoms with Crippen molar-refractivity contribution in [3.05, 3.63) is 60.2 Å². The summed E-state index contributed by atoms with van der Waals surface area (Å²) in [4.78, 5) is 59.2. The van der Waals surface area contributed by atoms with Gasteiger partial charge in [-0.25, -0.2) is 14.4 Å². The van der Waals surface area contributed by atoms with Crippen LogP contribution < -0.4 is 10.6 Å². The number of hydrogen-bond donors (Lipinski definition) is 3. The number of hydrogen-bond acceptors (Lipinski definition) is 9. The van der Waals surface area contributed by atoms with Crippen molar-refractivity contribution in [2.24, 2.45) is 0 Å². The van der Waals surface area contributed by atoms with Gasteiger partial charge in [-0.15, -0.1) is 0 Å². The summed E-state index contributed by atoms with van der Waals surface area (Å²) in [5, 5.41) is 14.6. The van der Waals surface area contributed by atoms with Gasteiger partial charge in [-0.2, -0.15) is 0 Å². The maximum Gasteiger partial charge on any atom is 0.328 e. The van der Waals surface area contributed by atoms with Crippen LogP contribution in [0.15, 0.2) is 48.8 Å². The van der Waals surface area contributed by atoms with Crippen LogP contribution >= 0.6 is 0 Å². The van der Waals surface area contributed by atoms with E-state index in [1.165, 1.54) is 0 Å². The van der Waals surface area contributed by atoms with Crippen LogP contribution in [0, 0.1) is 0 Å². The van der Waals surface area contributed by atoms with Crippen molar-refractivity contribution in [1.82, 2.24) is 25.5 Å². The number of carboxylic acids is 1. The number of aromatic nitrogens is 2. The number of carbonyl (C=O) groups excluding carboxylic acids is 3. The van der Waals surface area contributed by atoms with Gasteiger partial charge in [0.05, 0.1) is 24.6 Å². The number of carbonyl (C=O) groups is 4. The second kappa shape index (κ2) is 18.8. The number of amides is 2. The van der Waals surface area contributed by atoms with Gasteiger partial charge < -0.3 is 25.2 Å². The number of esters is 2. The van der Waals surface area contributed by atoms with Crippen molar-refractivity contribution in [2.75, 3.05) is 19.8 Å². The fourth-order valence-electron chi connectivity index (χ4n) is 3.57. The number of carboxylic acid groups (broad SMARTS) is 1. The van der Waals surface area contributed by atoms with Gasteiger partial charge >= 0.3 is 23.9 Å². The van der Waals surface area contributed by atoms with E-state index in [4.69, 9.17) is 9.47 Å². The molecule has 0 aromatic carbocycles. The van der Waals surface area contributed by atoms with E-state index in [-0.39, 0.29) is 52.9 Å². The Hall–Kier alpha value is -3.40. The molecule has 0 bridgehead atoms. The van der Waals surface area contributed by atoms with E-state index >= 15 is 0 Å². The number of pyridine rings is 2. The first-order valence-corrected chi connectivity index (χ1v) is 12.5. The van der Waals surface area contributed by atoms with E-state index in [9.17, 15) is 24.3 Å². The zero-order valence-electron chi connectivity index (χ0n) is 22.0. The van der Waals surface area contributed by atoms with Crippen molar-refractivity contribution < 1.29 is 54.2 Å². The summed E-state index contributed by atoms with van der Waals surface area (Å²) in [7, 11) is 0. The van der Waals surface area contributed by atoms with E-state index in [1.54, 1.807) is 26.2 Å². The molecule has 0 aliphatic rings. The number of nitrogens with one attached hydrogen (secondary N) is 2. The first kappa shape index (κ1) is 33.6. The van der Waals surface area contributed by atoms with Gasteiger partial charge in [0.15, 0.2) is 0 Å². The number of ether oxygens (including phenoxy) is 2. The van der Waals surface area contributed by atoms with Gasteiger partial charge in [-0.1, -0.05) is 12.1 Å². The number of nitrogens with zero attached hydrogens (tertiary/aromatic N) is 3. The number of aliphatic carboxylic acids is 1. The zero-order valence-corrected chi connectivity index (χ0v) is 24.8. The van der Waals surface area contributed by atoms with Crippen LogP contribution in [0.2, 0.25) is 0 Å². The van der Waals surface area contributed by atoms with Crippen LogP contribution in [0.3, 0.4) is 0 Å². The van der Waals surface area contributed by atoms with Gasteiger partial charge in [0.2, 0.25) is 0 Å². The van der Waals surface area contributed by atoms with Gasteiger partial charge in [-0.3, -0.25) is 19.7 Å². The largest absolute Gasteiger partial charge is 0.480 e. The SMILES string of the molecule is CCOC(=O)CC[C@H](NC(=O)N[C@@H](CCN(Cc1ccccn1)Cc1ccccn1)C(=O)O)C(=O)OCC.[Re]. The standard InChI is InChI=1S/C26H35N5O7.Re/c1-3-37-23(32)12-11-22(25(35)38-4-2)30-26(36)29-21(24(33)34)13-16-31(17-19-9-5-7-14-27-19)18-20-10-6-8-15-28-20;/h5-10,14-15,21-22H,3-4,11-13,16-18H2,1-2H3,(H,33,34)(H2,29,30,36);/t21-,22-;/m0./s1. The molecule has 0 spiro atoms. The molecule has 2 amide bonds. The van der Waals surface area contributed by atoms with Crippen molar-refractivity contribution >= 4 is 23.9 Å². The third-order valence-electron chi connectivity index (χ3n) is 5.38. The molecule has 0 saturated carbocycles. The van der Waals surface area contributed by atoms with E-state index in [1.807, 2.05) is 41.3 Å². The molecule has 1 radical (unpaired) electrons. The van der Waals surface area contributed by atoms with Crippen LogP contribution in [-0.4, -0.2) is 75.8 Å². The van der Waals surface area contributed by atoms with Crippen molar-refractivity contribution in [3.8, 4) is 0 Å². The Morgan fingerprint density at radius 1 is 0.872 bits per heavy atom. The molecule has 213 valence electrons. The molecule has 2 aromatic heterocycles. The first-order chi connectivity index (χ1) is 18.3. The summed E-state index contributed by atoms with van der Waals surface area (Å²) in [5.74, 6) is -2.47. The molecule has 2 rings (SSSR count). The third kappa shape index (κ3) is 13.3. The molecule has 2 aromatic rings. The molecule has 2 heterocycles. The second-order valence-electron chi connectivity index (χ2n) is 8.30. The van der Waals surface area contributed by atoms with E-state index in [2.05, 4.69) is 20.6 Å². The Bertz CT molecular complexity index is 988. The molecule has 12 nitrogen and oxygen atoms in total. The molecule has 13 heteroatoms. The minimum absolute atomic E-state index is 0. The minimum atomic E-state index is -1.24. The number of urea groups is 1. The second-order valence-corrected chi connectivity index (χ2v) is 8.30. The molecule has 2 atom stereocenters. The topological polar surface area (TPSA) is 160 Å². The average molecular weight is 716 g/mol. The Kier molecular flexibility index (Phi) is 16.2. The van der Waals surface area contributed by atoms with E-state index in [0.29, 0.717) is 19.6 Å². The van der Waals surface area contributed by atoms with Crippen LogP contribution in [-0.2, 0) is 57.4 Å². The van der Waals surface area contributed by atoms with Crippen LogP contribution in [0.1, 0.15) is 44.5 Å². The van der Waals surface area contributed by atoms with Gasteiger partial charge in [-0.05, 0) is 51.0 Å². The molecule has 0 saturated heterocycles. The molecule has 0 aliphatic heterocycles. The summed E-state index contributed by atoms with van der Waals surface area (Å²) in [6.45, 7) is 4.76. The van der Waals surface area contributed by atoms with E-state index < -0.39 is 36.0 Å². The summed E-state index contributed by atoms with van der Waals surface area (Å²) in [6.07, 6.45) is 3.28. The monoisotopic (exact) mass is 716 g/mol. The van der Waals surface area contributed by atoms with Gasteiger partial charge in [0.25, 0.3) is 0 Å². The molecule has 3 N–H and O–H groups in total. The molecule has 0 fully saturated rings. The fraction of sp³-hybridized carbons (Fsp3) is 0.462. The fourth-order valence-corrected chi connectivity index (χ4v) is 3.57. The molecular formula is C26H35N5O7Re. The summed E-state index contributed by atoms with van der Waals surface area (Å²) >= 11 is 0. The van der Waals surface area contributed by atoms with Crippen molar-refractivity contribution in [1.29, 1.82) is 0 Å². The third-order valence-corrected chi connectivity index (χ3v) is 5.38. The van der Waals surface area contributed by atoms with Gasteiger partial charge in [0, 0.05) is 58.9 Å². The predicted molar refractivity (Wildman–Crippen MR) is 137 cm³/mol. The minimum Gasteiger partial charge on any atom is -0.480 e. The molecular weight excluding hydrogens is 681 g/mol. The van der Waals surface area contributed by atoms with Crippen LogP contribution in [0.25, 0.3) is 0 Å². The smallest absolute Gasteiger partial charge is 0.328 e. The Labute approximate surface area is 241 Å². The Morgan fingerprint density at radius 3 is 1.92 bits per heavy atom. The summed E-state index contributed by atoms with van der Waals surface area (Å²) in [5.41, 5.74) is 1.61. The van der Waals surface area contributed by atoms with Crippen molar-refractivity contribution in [3.63, 3.8) is 0 Å². The maximum absolute atomic E-state index is 12.6. The average Bonchev–Trinajstić information content (AvgIpc) is 2.90. The van der Waals surface area contributed by atoms with Crippen LogP contribution in [0.4, 0.5) is 4.79 Å². The normalized spacial score (nSPS) is 12.0. The Balaban J connectivity index is 0.00000760. The summed E-state index contributed by atoms with van der Waals surface area (Å²) < 4.78 is 9.84. The maximum atomic E-state index is 12.6. The first-order valence-electron chi connectivity index (χ1n) is 12.5. The quantitative estimate of drug-likeness (QED) is 0.219. The Morgan fingerprint density at radius 2 is 1.44 bits per heavy atom. The molecule has 0 aliphatic carbocycles. The van der Waals surface area contributed by atoms with Crippen molar-refractivity contribution in [2.45, 2.75) is 58.3 Å². The zero-order chi connectivity index (χ0) is 27.8. The van der Waals surface area contributed by atoms with Gasteiger partial charge in [0.1, 0.15) is 12.1 Å². The van der Waals surface area contributed by atoms with E-state index in [0.717, 1.165) is 11.4 Å². The predicted octanol–water partition coefficient (Wildman–Crippen LogP) is 1.89. The molecule has 0 unspecified atom stereocenters. The summed E-state index contributed by atoms with van der Waals surface area (Å²) in [6, 6.07) is 7.87.